The zero-order chi connectivity index (χ0) is 53.9. The Bertz CT molecular complexity index is 2550. The molecule has 0 saturated carbocycles. The monoisotopic (exact) mass is 1110 g/mol. The average Bonchev–Trinajstić information content (AvgIpc) is 3.34. The number of rotatable bonds is 24. The molecule has 1 aliphatic rings. The van der Waals surface area contributed by atoms with E-state index >= 15 is 0 Å². The third-order valence-electron chi connectivity index (χ3n) is 11.5. The number of nitrogens with one attached hydrogen (secondary N) is 1. The Morgan fingerprint density at radius 3 is 1.66 bits per heavy atom. The minimum absolute atomic E-state index is 0.0273. The van der Waals surface area contributed by atoms with Crippen LogP contribution in [0.5, 0.6) is 0 Å². The number of aliphatic hydroxyl groups is 3. The Morgan fingerprint density at radius 2 is 1.18 bits per heavy atom. The molecule has 0 bridgehead atoms. The number of amides is 1. The van der Waals surface area contributed by atoms with Crippen LogP contribution in [0.1, 0.15) is 65.5 Å². The van der Waals surface area contributed by atoms with E-state index < -0.39 is 84.3 Å². The number of hydrogen-bond donors (Lipinski definition) is 9. The highest BCUT2D eigenvalue weighted by Crippen LogP contribution is 2.31. The van der Waals surface area contributed by atoms with Crippen LogP contribution in [0, 0.1) is 5.92 Å². The molecule has 4 aromatic carbocycles. The number of ether oxygens (including phenoxy) is 2. The molecular formula is C50H55Cl4N3O15S. The molecule has 11 N–H and O–H groups in total. The van der Waals surface area contributed by atoms with Gasteiger partial charge in [0.15, 0.2) is 17.0 Å². The number of benzene rings is 4. The van der Waals surface area contributed by atoms with Gasteiger partial charge < -0.3 is 56.9 Å². The molecule has 0 aliphatic carbocycles. The fourth-order valence-electron chi connectivity index (χ4n) is 7.40. The first-order valence-electron chi connectivity index (χ1n) is 22.6. The van der Waals surface area contributed by atoms with Crippen molar-refractivity contribution in [2.45, 2.75) is 101 Å². The van der Waals surface area contributed by atoms with Crippen molar-refractivity contribution in [3.05, 3.63) is 138 Å². The molecule has 4 aromatic rings. The molecule has 73 heavy (non-hydrogen) atoms. The summed E-state index contributed by atoms with van der Waals surface area (Å²) in [4.78, 5) is 85.0. The van der Waals surface area contributed by atoms with Gasteiger partial charge in [-0.05, 0) is 83.5 Å². The lowest BCUT2D eigenvalue weighted by Gasteiger charge is -2.37. The van der Waals surface area contributed by atoms with Crippen molar-refractivity contribution in [2.24, 2.45) is 17.4 Å². The Morgan fingerprint density at radius 1 is 0.671 bits per heavy atom. The number of carboxylic acid groups (broad SMARTS) is 3. The summed E-state index contributed by atoms with van der Waals surface area (Å²) in [7, 11) is 0. The molecule has 1 fully saturated rings. The summed E-state index contributed by atoms with van der Waals surface area (Å²) < 4.78 is 10.0. The fraction of sp³-hybridized carbons (Fsp3) is 0.380. The van der Waals surface area contributed by atoms with Crippen molar-refractivity contribution >= 4 is 98.8 Å². The number of thioether (sulfide) groups is 1. The lowest BCUT2D eigenvalue weighted by Crippen LogP contribution is -2.60. The SMILES string of the molecule is NCCCC(CC(=O)C(CSC(=O)Cc1ccccc1Cc1c(Cl)cccc1Cl)NC(=O)CCC(N)C(=O)O)C(=O)O.O=C(Cc1ccccc1Cc1c(Cl)cccc1Cl)OC1OC(C(=O)O)C(O)C(O)C1O. The van der Waals surface area contributed by atoms with Crippen molar-refractivity contribution in [3.8, 4) is 0 Å². The largest absolute Gasteiger partial charge is 0.481 e. The van der Waals surface area contributed by atoms with E-state index in [1.54, 1.807) is 66.7 Å². The van der Waals surface area contributed by atoms with Crippen LogP contribution in [-0.2, 0) is 68.7 Å². The summed E-state index contributed by atoms with van der Waals surface area (Å²) in [6.45, 7) is 0.260. The van der Waals surface area contributed by atoms with Gasteiger partial charge in [-0.2, -0.15) is 0 Å². The minimum atomic E-state index is -1.87. The van der Waals surface area contributed by atoms with Crippen LogP contribution in [0.25, 0.3) is 0 Å². The highest BCUT2D eigenvalue weighted by atomic mass is 35.5. The quantitative estimate of drug-likeness (QED) is 0.0416. The molecule has 1 heterocycles. The van der Waals surface area contributed by atoms with E-state index in [1.807, 2.05) is 18.2 Å². The van der Waals surface area contributed by atoms with Crippen LogP contribution in [0.15, 0.2) is 84.9 Å². The summed E-state index contributed by atoms with van der Waals surface area (Å²) in [5.41, 5.74) is 15.3. The highest BCUT2D eigenvalue weighted by Gasteiger charge is 2.48. The van der Waals surface area contributed by atoms with Gasteiger partial charge in [-0.1, -0.05) is 119 Å². The van der Waals surface area contributed by atoms with E-state index in [-0.39, 0.29) is 55.9 Å². The van der Waals surface area contributed by atoms with Crippen LogP contribution < -0.4 is 16.8 Å². The Hall–Kier alpha value is -5.16. The number of carbonyl (C=O) groups is 7. The van der Waals surface area contributed by atoms with E-state index in [1.165, 1.54) is 0 Å². The molecule has 18 nitrogen and oxygen atoms in total. The van der Waals surface area contributed by atoms with Gasteiger partial charge in [0.1, 0.15) is 24.4 Å². The third-order valence-corrected chi connectivity index (χ3v) is 13.9. The highest BCUT2D eigenvalue weighted by molar-refractivity contribution is 8.13. The Kier molecular flexibility index (Phi) is 24.5. The molecule has 394 valence electrons. The second-order valence-corrected chi connectivity index (χ2v) is 19.5. The number of nitrogens with two attached hydrogens (primary N) is 2. The van der Waals surface area contributed by atoms with Crippen molar-refractivity contribution in [1.82, 2.24) is 5.32 Å². The van der Waals surface area contributed by atoms with Gasteiger partial charge >= 0.3 is 23.9 Å². The molecule has 0 aromatic heterocycles. The number of esters is 1. The first kappa shape index (κ1) is 60.4. The number of ketones is 1. The van der Waals surface area contributed by atoms with Gasteiger partial charge in [-0.15, -0.1) is 0 Å². The molecule has 0 radical (unpaired) electrons. The predicted molar refractivity (Wildman–Crippen MR) is 273 cm³/mol. The van der Waals surface area contributed by atoms with Gasteiger partial charge in [0.05, 0.1) is 18.4 Å². The molecule has 1 saturated heterocycles. The van der Waals surface area contributed by atoms with E-state index in [4.69, 9.17) is 77.6 Å². The summed E-state index contributed by atoms with van der Waals surface area (Å²) in [6.07, 6.45) is -8.77. The number of aliphatic carboxylic acids is 3. The summed E-state index contributed by atoms with van der Waals surface area (Å²) >= 11 is 26.0. The van der Waals surface area contributed by atoms with Gasteiger partial charge in [0.2, 0.25) is 12.2 Å². The first-order valence-corrected chi connectivity index (χ1v) is 25.1. The second-order valence-electron chi connectivity index (χ2n) is 16.8. The normalized spacial score (nSPS) is 18.5. The van der Waals surface area contributed by atoms with Crippen molar-refractivity contribution in [2.75, 3.05) is 12.3 Å². The zero-order valence-corrected chi connectivity index (χ0v) is 42.8. The third kappa shape index (κ3) is 18.6. The molecule has 5 rings (SSSR count). The fourth-order valence-corrected chi connectivity index (χ4v) is 9.34. The van der Waals surface area contributed by atoms with Crippen molar-refractivity contribution < 1.29 is 73.7 Å². The lowest BCUT2D eigenvalue weighted by molar-refractivity contribution is -0.286. The molecule has 1 amide bonds. The number of carboxylic acids is 3. The summed E-state index contributed by atoms with van der Waals surface area (Å²) in [5, 5.41) is 61.3. The van der Waals surface area contributed by atoms with Crippen LogP contribution in [0.4, 0.5) is 0 Å². The average molecular weight is 1110 g/mol. The molecule has 0 spiro atoms. The van der Waals surface area contributed by atoms with Crippen molar-refractivity contribution in [3.63, 3.8) is 0 Å². The number of aliphatic hydroxyl groups excluding tert-OH is 3. The van der Waals surface area contributed by atoms with Gasteiger partial charge in [0.25, 0.3) is 0 Å². The Labute approximate surface area is 444 Å². The molecule has 8 unspecified atom stereocenters. The number of carbonyl (C=O) groups excluding carboxylic acids is 4. The standard InChI is InChI=1S/C29H35Cl2N3O7S.C21H20Cl2O8/c30-21-8-3-9-22(31)20(21)13-17-5-1-2-6-18(17)15-27(37)42-16-24(34-26(36)11-10-23(33)29(40)41)25(35)14-19(28(38)39)7-4-12-32;22-13-6-3-7-14(23)12(13)8-10-4-1-2-5-11(10)9-15(24)30-21-18(27)16(25)17(26)19(31-21)20(28)29/h1-3,5-6,8-9,19,23-24H,4,7,10-16,32-33H2,(H,34,36)(H,38,39)(H,40,41);1-7,16-19,21,25-27H,8-9H2,(H,28,29). The van der Waals surface area contributed by atoms with E-state index in [0.717, 1.165) is 34.0 Å². The zero-order valence-electron chi connectivity index (χ0n) is 38.9. The van der Waals surface area contributed by atoms with Crippen LogP contribution in [0.2, 0.25) is 20.1 Å². The lowest BCUT2D eigenvalue weighted by atomic mass is 9.94. The summed E-state index contributed by atoms with van der Waals surface area (Å²) in [5.74, 6) is -7.12. The maximum Gasteiger partial charge on any atom is 0.335 e. The minimum Gasteiger partial charge on any atom is -0.481 e. The predicted octanol–water partition coefficient (Wildman–Crippen LogP) is 5.02. The smallest absolute Gasteiger partial charge is 0.335 e. The molecule has 23 heteroatoms. The maximum absolute atomic E-state index is 13.1. The number of halogens is 4. The van der Waals surface area contributed by atoms with Gasteiger partial charge in [-0.25, -0.2) is 4.79 Å². The molecule has 1 aliphatic heterocycles. The van der Waals surface area contributed by atoms with E-state index in [9.17, 15) is 54.0 Å². The second kappa shape index (κ2) is 29.7. The van der Waals surface area contributed by atoms with Crippen LogP contribution >= 0.6 is 58.2 Å². The number of Topliss-reactive ketones (excluding diaryl/α,β-unsaturated/α-hetero) is 1. The first-order chi connectivity index (χ1) is 34.6. The van der Waals surface area contributed by atoms with Gasteiger partial charge in [0, 0.05) is 57.9 Å². The molecule has 8 atom stereocenters. The molecular weight excluding hydrogens is 1060 g/mol. The number of hydrogen-bond acceptors (Lipinski definition) is 15. The van der Waals surface area contributed by atoms with E-state index in [2.05, 4.69) is 5.32 Å². The van der Waals surface area contributed by atoms with Gasteiger partial charge in [-0.3, -0.25) is 28.8 Å². The van der Waals surface area contributed by atoms with E-state index in [0.29, 0.717) is 50.5 Å². The summed E-state index contributed by atoms with van der Waals surface area (Å²) in [6, 6.07) is 22.3. The topological polar surface area (TPSA) is 323 Å². The Balaban J connectivity index is 0.000000330. The maximum atomic E-state index is 13.1. The van der Waals surface area contributed by atoms with Crippen molar-refractivity contribution in [1.29, 1.82) is 0 Å². The van der Waals surface area contributed by atoms with Crippen LogP contribution in [-0.4, -0.2) is 126 Å². The van der Waals surface area contributed by atoms with Crippen LogP contribution in [0.3, 0.4) is 0 Å².